The van der Waals surface area contributed by atoms with Crippen molar-refractivity contribution < 1.29 is 14.3 Å². The van der Waals surface area contributed by atoms with Gasteiger partial charge in [0, 0.05) is 12.8 Å². The van der Waals surface area contributed by atoms with Crippen LogP contribution in [0.4, 0.5) is 0 Å². The van der Waals surface area contributed by atoms with Crippen LogP contribution in [0, 0.1) is 5.41 Å². The number of methoxy groups -OCH3 is 1. The van der Waals surface area contributed by atoms with Crippen molar-refractivity contribution in [3.63, 3.8) is 0 Å². The summed E-state index contributed by atoms with van der Waals surface area (Å²) in [6.45, 7) is 4.21. The van der Waals surface area contributed by atoms with E-state index in [0.717, 1.165) is 37.0 Å². The molecule has 3 heteroatoms. The molecule has 0 bridgehead atoms. The summed E-state index contributed by atoms with van der Waals surface area (Å²) in [7, 11) is 1.48. The Morgan fingerprint density at radius 2 is 2.16 bits per heavy atom. The highest BCUT2D eigenvalue weighted by Crippen LogP contribution is 2.55. The summed E-state index contributed by atoms with van der Waals surface area (Å²) >= 11 is 0. The summed E-state index contributed by atoms with van der Waals surface area (Å²) in [4.78, 5) is 12.5. The van der Waals surface area contributed by atoms with E-state index in [-0.39, 0.29) is 12.1 Å². The number of carbonyl (C=O) groups is 1. The molecule has 0 aromatic carbocycles. The van der Waals surface area contributed by atoms with E-state index < -0.39 is 5.41 Å². The van der Waals surface area contributed by atoms with Crippen molar-refractivity contribution in [3.05, 3.63) is 34.6 Å². The Hall–Kier alpha value is -1.51. The third kappa shape index (κ3) is 1.67. The molecular formula is C16H20O3. The molecule has 3 nitrogen and oxygen atoms in total. The van der Waals surface area contributed by atoms with Gasteiger partial charge in [-0.2, -0.15) is 0 Å². The van der Waals surface area contributed by atoms with Crippen LogP contribution in [-0.4, -0.2) is 19.2 Å². The van der Waals surface area contributed by atoms with Gasteiger partial charge in [0.2, 0.25) is 0 Å². The molecule has 0 radical (unpaired) electrons. The van der Waals surface area contributed by atoms with Crippen LogP contribution in [0.3, 0.4) is 0 Å². The SMILES string of the molecule is COC(=O)C12CC(C)=CCC1OC1=C2CC(C)=CC1. The van der Waals surface area contributed by atoms with E-state index in [0.29, 0.717) is 0 Å². The van der Waals surface area contributed by atoms with E-state index in [1.165, 1.54) is 18.3 Å². The second-order valence-corrected chi connectivity index (χ2v) is 5.87. The molecule has 0 spiro atoms. The highest BCUT2D eigenvalue weighted by molar-refractivity contribution is 5.83. The monoisotopic (exact) mass is 260 g/mol. The van der Waals surface area contributed by atoms with Gasteiger partial charge in [0.25, 0.3) is 0 Å². The molecule has 2 unspecified atom stereocenters. The van der Waals surface area contributed by atoms with E-state index in [4.69, 9.17) is 9.47 Å². The van der Waals surface area contributed by atoms with Crippen LogP contribution in [0.25, 0.3) is 0 Å². The fraction of sp³-hybridized carbons (Fsp3) is 0.562. The first-order valence-electron chi connectivity index (χ1n) is 6.86. The first-order chi connectivity index (χ1) is 9.07. The van der Waals surface area contributed by atoms with Crippen LogP contribution in [0.5, 0.6) is 0 Å². The van der Waals surface area contributed by atoms with Crippen LogP contribution in [-0.2, 0) is 14.3 Å². The second-order valence-electron chi connectivity index (χ2n) is 5.87. The van der Waals surface area contributed by atoms with E-state index >= 15 is 0 Å². The third-order valence-corrected chi connectivity index (χ3v) is 4.59. The zero-order valence-corrected chi connectivity index (χ0v) is 11.8. The standard InChI is InChI=1S/C16H20O3/c1-10-4-6-13-12(8-10)16(15(17)18-3)9-11(2)5-7-14(16)19-13/h4-5,14H,6-9H2,1-3H3. The highest BCUT2D eigenvalue weighted by Gasteiger charge is 2.57. The van der Waals surface area contributed by atoms with Gasteiger partial charge in [-0.25, -0.2) is 0 Å². The topological polar surface area (TPSA) is 35.5 Å². The van der Waals surface area contributed by atoms with Gasteiger partial charge in [-0.15, -0.1) is 0 Å². The number of rotatable bonds is 1. The zero-order chi connectivity index (χ0) is 13.6. The summed E-state index contributed by atoms with van der Waals surface area (Å²) < 4.78 is 11.2. The zero-order valence-electron chi connectivity index (χ0n) is 11.8. The normalized spacial score (nSPS) is 32.9. The fourth-order valence-corrected chi connectivity index (χ4v) is 3.63. The smallest absolute Gasteiger partial charge is 0.320 e. The Morgan fingerprint density at radius 1 is 1.37 bits per heavy atom. The Balaban J connectivity index is 2.07. The molecule has 102 valence electrons. The van der Waals surface area contributed by atoms with E-state index in [9.17, 15) is 4.79 Å². The van der Waals surface area contributed by atoms with Crippen LogP contribution in [0.2, 0.25) is 0 Å². The van der Waals surface area contributed by atoms with E-state index in [2.05, 4.69) is 26.0 Å². The summed E-state index contributed by atoms with van der Waals surface area (Å²) in [5.74, 6) is 0.869. The predicted molar refractivity (Wildman–Crippen MR) is 72.3 cm³/mol. The van der Waals surface area contributed by atoms with E-state index in [1.807, 2.05) is 0 Å². The minimum Gasteiger partial charge on any atom is -0.493 e. The summed E-state index contributed by atoms with van der Waals surface area (Å²) in [5, 5.41) is 0. The quantitative estimate of drug-likeness (QED) is 0.536. The van der Waals surface area contributed by atoms with Crippen molar-refractivity contribution in [2.75, 3.05) is 7.11 Å². The summed E-state index contributed by atoms with van der Waals surface area (Å²) in [6.07, 6.45) is 7.49. The molecule has 0 aromatic heterocycles. The first kappa shape index (κ1) is 12.5. The molecule has 3 aliphatic rings. The average molecular weight is 260 g/mol. The minimum atomic E-state index is -0.571. The largest absolute Gasteiger partial charge is 0.493 e. The summed E-state index contributed by atoms with van der Waals surface area (Å²) in [5.41, 5.74) is 3.17. The van der Waals surface area contributed by atoms with Gasteiger partial charge in [-0.1, -0.05) is 23.3 Å². The van der Waals surface area contributed by atoms with Crippen molar-refractivity contribution in [1.29, 1.82) is 0 Å². The van der Waals surface area contributed by atoms with Gasteiger partial charge < -0.3 is 9.47 Å². The molecule has 0 N–H and O–H groups in total. The second kappa shape index (κ2) is 4.26. The van der Waals surface area contributed by atoms with Crippen molar-refractivity contribution in [2.24, 2.45) is 5.41 Å². The molecule has 1 aliphatic heterocycles. The predicted octanol–water partition coefficient (Wildman–Crippen LogP) is 3.28. The molecule has 0 saturated heterocycles. The van der Waals surface area contributed by atoms with Crippen LogP contribution < -0.4 is 0 Å². The number of carbonyl (C=O) groups excluding carboxylic acids is 1. The Labute approximate surface area is 114 Å². The molecule has 0 amide bonds. The molecule has 0 fully saturated rings. The third-order valence-electron chi connectivity index (χ3n) is 4.59. The highest BCUT2D eigenvalue weighted by atomic mass is 16.5. The van der Waals surface area contributed by atoms with Gasteiger partial charge in [-0.05, 0) is 32.3 Å². The molecular weight excluding hydrogens is 240 g/mol. The average Bonchev–Trinajstić information content (AvgIpc) is 2.72. The maximum atomic E-state index is 12.5. The van der Waals surface area contributed by atoms with E-state index in [1.54, 1.807) is 0 Å². The van der Waals surface area contributed by atoms with Crippen LogP contribution in [0.15, 0.2) is 34.6 Å². The van der Waals surface area contributed by atoms with Gasteiger partial charge in [0.1, 0.15) is 17.3 Å². The van der Waals surface area contributed by atoms with Gasteiger partial charge >= 0.3 is 5.97 Å². The molecule has 3 rings (SSSR count). The number of hydrogen-bond donors (Lipinski definition) is 0. The molecule has 0 saturated carbocycles. The lowest BCUT2D eigenvalue weighted by Gasteiger charge is -2.36. The maximum Gasteiger partial charge on any atom is 0.320 e. The maximum absolute atomic E-state index is 12.5. The Kier molecular flexibility index (Phi) is 2.80. The number of fused-ring (bicyclic) bond motifs is 2. The fourth-order valence-electron chi connectivity index (χ4n) is 3.63. The lowest BCUT2D eigenvalue weighted by atomic mass is 9.66. The Bertz CT molecular complexity index is 524. The molecule has 1 heterocycles. The molecule has 0 aromatic rings. The van der Waals surface area contributed by atoms with Crippen molar-refractivity contribution in [3.8, 4) is 0 Å². The van der Waals surface area contributed by atoms with Crippen LogP contribution in [0.1, 0.15) is 39.5 Å². The first-order valence-corrected chi connectivity index (χ1v) is 6.86. The lowest BCUT2D eigenvalue weighted by Crippen LogP contribution is -2.44. The van der Waals surface area contributed by atoms with Crippen molar-refractivity contribution in [1.82, 2.24) is 0 Å². The number of ether oxygens (including phenoxy) is 2. The minimum absolute atomic E-state index is 0.0760. The molecule has 2 aliphatic carbocycles. The van der Waals surface area contributed by atoms with Crippen LogP contribution >= 0.6 is 0 Å². The summed E-state index contributed by atoms with van der Waals surface area (Å²) in [6, 6.07) is 0. The molecule has 2 atom stereocenters. The van der Waals surface area contributed by atoms with Gasteiger partial charge in [-0.3, -0.25) is 4.79 Å². The van der Waals surface area contributed by atoms with Crippen molar-refractivity contribution >= 4 is 5.97 Å². The molecule has 19 heavy (non-hydrogen) atoms. The Morgan fingerprint density at radius 3 is 2.89 bits per heavy atom. The van der Waals surface area contributed by atoms with Gasteiger partial charge in [0.05, 0.1) is 7.11 Å². The van der Waals surface area contributed by atoms with Gasteiger partial charge in [0.15, 0.2) is 0 Å². The number of esters is 1. The number of allylic oxidation sites excluding steroid dienone is 3. The lowest BCUT2D eigenvalue weighted by molar-refractivity contribution is -0.155. The number of hydrogen-bond acceptors (Lipinski definition) is 3. The van der Waals surface area contributed by atoms with Crippen molar-refractivity contribution in [2.45, 2.75) is 45.6 Å².